The Hall–Kier alpha value is -2.35. The molecule has 0 bridgehead atoms. The minimum absolute atomic E-state index is 0.00934. The quantitative estimate of drug-likeness (QED) is 0.817. The number of rotatable bonds is 5. The first-order chi connectivity index (χ1) is 12.8. The van der Waals surface area contributed by atoms with Gasteiger partial charge >= 0.3 is 5.97 Å². The van der Waals surface area contributed by atoms with E-state index >= 15 is 0 Å². The molecule has 2 aromatic rings. The molecule has 0 saturated carbocycles. The summed E-state index contributed by atoms with van der Waals surface area (Å²) in [5, 5.41) is 16.7. The lowest BCUT2D eigenvalue weighted by Gasteiger charge is -2.33. The smallest absolute Gasteiger partial charge is 0.329 e. The van der Waals surface area contributed by atoms with Crippen LogP contribution in [0.4, 0.5) is 0 Å². The van der Waals surface area contributed by atoms with Crippen LogP contribution in [0.3, 0.4) is 0 Å². The molecule has 144 valence electrons. The standard InChI is InChI=1S/C19H24N4O3S/c1-12(2)14-6-4-5-7-15(14)23-13(3)20-16(22-23)17(24)21-19(18(25)26)8-10-27-11-9-19/h4-7,12H,8-11H2,1-3H3,(H,21,24)(H,25,26). The van der Waals surface area contributed by atoms with Crippen molar-refractivity contribution in [3.8, 4) is 5.69 Å². The summed E-state index contributed by atoms with van der Waals surface area (Å²) >= 11 is 1.70. The zero-order valence-corrected chi connectivity index (χ0v) is 16.5. The number of aromatic nitrogens is 3. The third kappa shape index (κ3) is 3.85. The van der Waals surface area contributed by atoms with Gasteiger partial charge in [-0.05, 0) is 48.8 Å². The second kappa shape index (κ2) is 7.72. The predicted octanol–water partition coefficient (Wildman–Crippen LogP) is 2.78. The van der Waals surface area contributed by atoms with Crippen molar-refractivity contribution in [2.45, 2.75) is 45.1 Å². The first-order valence-corrected chi connectivity index (χ1v) is 10.2. The molecule has 1 saturated heterocycles. The molecular formula is C19H24N4O3S. The number of thioether (sulfide) groups is 1. The third-order valence-corrected chi connectivity index (χ3v) is 5.85. The monoisotopic (exact) mass is 388 g/mol. The number of nitrogens with one attached hydrogen (secondary N) is 1. The van der Waals surface area contributed by atoms with Gasteiger partial charge in [0.05, 0.1) is 5.69 Å². The number of hydrogen-bond acceptors (Lipinski definition) is 5. The molecule has 0 spiro atoms. The lowest BCUT2D eigenvalue weighted by Crippen LogP contribution is -2.56. The Balaban J connectivity index is 1.90. The summed E-state index contributed by atoms with van der Waals surface area (Å²) in [5.41, 5.74) is 0.736. The molecule has 27 heavy (non-hydrogen) atoms. The highest BCUT2D eigenvalue weighted by Gasteiger charge is 2.42. The van der Waals surface area contributed by atoms with E-state index in [4.69, 9.17) is 0 Å². The zero-order valence-electron chi connectivity index (χ0n) is 15.7. The maximum atomic E-state index is 12.7. The molecule has 0 atom stereocenters. The average molecular weight is 388 g/mol. The van der Waals surface area contributed by atoms with Crippen LogP contribution in [0.5, 0.6) is 0 Å². The van der Waals surface area contributed by atoms with Gasteiger partial charge in [0.15, 0.2) is 0 Å². The third-order valence-electron chi connectivity index (χ3n) is 4.87. The first-order valence-electron chi connectivity index (χ1n) is 9.01. The van der Waals surface area contributed by atoms with Crippen LogP contribution in [0, 0.1) is 6.92 Å². The summed E-state index contributed by atoms with van der Waals surface area (Å²) in [7, 11) is 0. The minimum Gasteiger partial charge on any atom is -0.480 e. The van der Waals surface area contributed by atoms with E-state index < -0.39 is 17.4 Å². The van der Waals surface area contributed by atoms with Crippen LogP contribution in [-0.2, 0) is 4.79 Å². The molecular weight excluding hydrogens is 364 g/mol. The minimum atomic E-state index is -1.24. The number of nitrogens with zero attached hydrogens (tertiary/aromatic N) is 3. The van der Waals surface area contributed by atoms with Crippen molar-refractivity contribution < 1.29 is 14.7 Å². The van der Waals surface area contributed by atoms with Gasteiger partial charge in [0.1, 0.15) is 11.4 Å². The molecule has 1 aromatic heterocycles. The van der Waals surface area contributed by atoms with Gasteiger partial charge in [-0.25, -0.2) is 14.5 Å². The maximum Gasteiger partial charge on any atom is 0.329 e. The maximum absolute atomic E-state index is 12.7. The fourth-order valence-electron chi connectivity index (χ4n) is 3.27. The van der Waals surface area contributed by atoms with E-state index in [2.05, 4.69) is 29.2 Å². The number of carbonyl (C=O) groups is 2. The molecule has 8 heteroatoms. The number of para-hydroxylation sites is 1. The summed E-state index contributed by atoms with van der Waals surface area (Å²) in [6, 6.07) is 7.85. The second-order valence-corrected chi connectivity index (χ2v) is 8.29. The number of aliphatic carboxylic acids is 1. The fraction of sp³-hybridized carbons (Fsp3) is 0.474. The van der Waals surface area contributed by atoms with Gasteiger partial charge in [-0.2, -0.15) is 11.8 Å². The van der Waals surface area contributed by atoms with Gasteiger partial charge in [-0.3, -0.25) is 4.79 Å². The van der Waals surface area contributed by atoms with E-state index in [1.165, 1.54) is 0 Å². The van der Waals surface area contributed by atoms with Crippen LogP contribution >= 0.6 is 11.8 Å². The van der Waals surface area contributed by atoms with E-state index in [0.29, 0.717) is 30.2 Å². The van der Waals surface area contributed by atoms with E-state index in [-0.39, 0.29) is 11.7 Å². The topological polar surface area (TPSA) is 97.1 Å². The summed E-state index contributed by atoms with van der Waals surface area (Å²) in [6.45, 7) is 5.97. The predicted molar refractivity (Wildman–Crippen MR) is 105 cm³/mol. The molecule has 0 unspecified atom stereocenters. The van der Waals surface area contributed by atoms with Crippen molar-refractivity contribution in [2.24, 2.45) is 0 Å². The molecule has 1 fully saturated rings. The summed E-state index contributed by atoms with van der Waals surface area (Å²) in [5.74, 6) is 0.717. The zero-order chi connectivity index (χ0) is 19.6. The van der Waals surface area contributed by atoms with Crippen molar-refractivity contribution in [2.75, 3.05) is 11.5 Å². The molecule has 0 aliphatic carbocycles. The number of carbonyl (C=O) groups excluding carboxylic acids is 1. The number of carboxylic acid groups (broad SMARTS) is 1. The van der Waals surface area contributed by atoms with Gasteiger partial charge in [0.25, 0.3) is 5.91 Å². The highest BCUT2D eigenvalue weighted by atomic mass is 32.2. The van der Waals surface area contributed by atoms with Crippen molar-refractivity contribution in [3.05, 3.63) is 41.5 Å². The largest absolute Gasteiger partial charge is 0.480 e. The summed E-state index contributed by atoms with van der Waals surface area (Å²) in [4.78, 5) is 28.8. The Bertz CT molecular complexity index is 856. The molecule has 1 aliphatic rings. The van der Waals surface area contributed by atoms with Crippen molar-refractivity contribution in [3.63, 3.8) is 0 Å². The van der Waals surface area contributed by atoms with Crippen LogP contribution in [0.1, 0.15) is 54.6 Å². The molecule has 3 rings (SSSR count). The molecule has 1 amide bonds. The lowest BCUT2D eigenvalue weighted by atomic mass is 9.92. The first kappa shape index (κ1) is 19.4. The fourth-order valence-corrected chi connectivity index (χ4v) is 4.46. The van der Waals surface area contributed by atoms with Gasteiger partial charge < -0.3 is 10.4 Å². The Kier molecular flexibility index (Phi) is 5.55. The van der Waals surface area contributed by atoms with Gasteiger partial charge in [-0.1, -0.05) is 32.0 Å². The summed E-state index contributed by atoms with van der Waals surface area (Å²) < 4.78 is 1.65. The highest BCUT2D eigenvalue weighted by molar-refractivity contribution is 7.99. The SMILES string of the molecule is Cc1nc(C(=O)NC2(C(=O)O)CCSCC2)nn1-c1ccccc1C(C)C. The number of benzene rings is 1. The number of aryl methyl sites for hydroxylation is 1. The van der Waals surface area contributed by atoms with Crippen molar-refractivity contribution in [1.29, 1.82) is 0 Å². The van der Waals surface area contributed by atoms with E-state index in [9.17, 15) is 14.7 Å². The molecule has 1 aliphatic heterocycles. The Morgan fingerprint density at radius 3 is 2.56 bits per heavy atom. The Morgan fingerprint density at radius 1 is 1.26 bits per heavy atom. The van der Waals surface area contributed by atoms with Crippen LogP contribution in [0.25, 0.3) is 5.69 Å². The van der Waals surface area contributed by atoms with Gasteiger partial charge in [0, 0.05) is 0 Å². The summed E-state index contributed by atoms with van der Waals surface area (Å²) in [6.07, 6.45) is 0.795. The highest BCUT2D eigenvalue weighted by Crippen LogP contribution is 2.28. The normalized spacial score (nSPS) is 16.3. The van der Waals surface area contributed by atoms with E-state index in [1.807, 2.05) is 24.3 Å². The van der Waals surface area contributed by atoms with Gasteiger partial charge in [0.2, 0.25) is 5.82 Å². The molecule has 2 heterocycles. The van der Waals surface area contributed by atoms with Crippen LogP contribution in [0.2, 0.25) is 0 Å². The Morgan fingerprint density at radius 2 is 1.93 bits per heavy atom. The van der Waals surface area contributed by atoms with Gasteiger partial charge in [-0.15, -0.1) is 5.10 Å². The number of amides is 1. The van der Waals surface area contributed by atoms with E-state index in [0.717, 1.165) is 11.3 Å². The molecule has 2 N–H and O–H groups in total. The van der Waals surface area contributed by atoms with E-state index in [1.54, 1.807) is 23.4 Å². The van der Waals surface area contributed by atoms with Crippen molar-refractivity contribution in [1.82, 2.24) is 20.1 Å². The second-order valence-electron chi connectivity index (χ2n) is 7.06. The average Bonchev–Trinajstić information content (AvgIpc) is 3.04. The van der Waals surface area contributed by atoms with Crippen LogP contribution in [-0.4, -0.2) is 48.8 Å². The Labute approximate surface area is 162 Å². The molecule has 7 nitrogen and oxygen atoms in total. The van der Waals surface area contributed by atoms with Crippen molar-refractivity contribution >= 4 is 23.6 Å². The number of hydrogen-bond donors (Lipinski definition) is 2. The molecule has 1 aromatic carbocycles. The lowest BCUT2D eigenvalue weighted by molar-refractivity contribution is -0.144. The molecule has 0 radical (unpaired) electrons. The van der Waals surface area contributed by atoms with Crippen LogP contribution in [0.15, 0.2) is 24.3 Å². The van der Waals surface area contributed by atoms with Crippen LogP contribution < -0.4 is 5.32 Å². The number of carboxylic acids is 1.